The van der Waals surface area contributed by atoms with Crippen molar-refractivity contribution in [3.63, 3.8) is 0 Å². The standard InChI is InChI=1S/C11H16Cl3N5O4/c1-7-15-6-8(19(21)22)18(7)4-5-23-10(20)16-9(17(2)3)11(12,13)14/h6,9H,4-5H2,1-3H3,(H,16,20)/p+1/t9-/m0/s1. The molecule has 0 saturated heterocycles. The van der Waals surface area contributed by atoms with E-state index in [4.69, 9.17) is 39.5 Å². The normalized spacial score (nSPS) is 13.0. The van der Waals surface area contributed by atoms with Crippen LogP contribution in [0.15, 0.2) is 6.20 Å². The number of ether oxygens (including phenoxy) is 1. The van der Waals surface area contributed by atoms with E-state index in [1.54, 1.807) is 21.0 Å². The maximum absolute atomic E-state index is 11.8. The van der Waals surface area contributed by atoms with Crippen LogP contribution in [-0.2, 0) is 11.3 Å². The molecule has 1 aromatic heterocycles. The van der Waals surface area contributed by atoms with Crippen molar-refractivity contribution in [1.29, 1.82) is 0 Å². The molecule has 0 fully saturated rings. The lowest BCUT2D eigenvalue weighted by atomic mass is 10.5. The summed E-state index contributed by atoms with van der Waals surface area (Å²) < 4.78 is 4.59. The van der Waals surface area contributed by atoms with Crippen LogP contribution in [0.3, 0.4) is 0 Å². The van der Waals surface area contributed by atoms with Crippen LogP contribution in [-0.4, -0.2) is 51.2 Å². The molecule has 1 amide bonds. The summed E-state index contributed by atoms with van der Waals surface area (Å²) in [6.45, 7) is 1.60. The summed E-state index contributed by atoms with van der Waals surface area (Å²) in [4.78, 5) is 26.6. The first-order valence-corrected chi connectivity index (χ1v) is 7.64. The minimum absolute atomic E-state index is 0.0861. The fraction of sp³-hybridized carbons (Fsp3) is 0.636. The smallest absolute Gasteiger partial charge is 0.411 e. The molecule has 23 heavy (non-hydrogen) atoms. The van der Waals surface area contributed by atoms with Crippen molar-refractivity contribution in [3.05, 3.63) is 22.1 Å². The zero-order valence-corrected chi connectivity index (χ0v) is 14.9. The highest BCUT2D eigenvalue weighted by atomic mass is 35.6. The Hall–Kier alpha value is -1.29. The van der Waals surface area contributed by atoms with Crippen molar-refractivity contribution in [2.75, 3.05) is 20.7 Å². The van der Waals surface area contributed by atoms with Crippen molar-refractivity contribution < 1.29 is 19.4 Å². The van der Waals surface area contributed by atoms with E-state index in [9.17, 15) is 14.9 Å². The van der Waals surface area contributed by atoms with E-state index in [2.05, 4.69) is 10.3 Å². The van der Waals surface area contributed by atoms with Gasteiger partial charge in [-0.05, 0) is 4.92 Å². The number of nitrogens with zero attached hydrogens (tertiary/aromatic N) is 3. The number of nitro groups is 1. The van der Waals surface area contributed by atoms with Crippen LogP contribution in [0.1, 0.15) is 5.82 Å². The zero-order valence-electron chi connectivity index (χ0n) is 12.7. The largest absolute Gasteiger partial charge is 0.445 e. The van der Waals surface area contributed by atoms with Crippen molar-refractivity contribution >= 4 is 46.7 Å². The molecule has 0 radical (unpaired) electrons. The number of alkyl carbamates (subject to hydrolysis) is 1. The number of aryl methyl sites for hydroxylation is 1. The van der Waals surface area contributed by atoms with Crippen LogP contribution >= 0.6 is 34.8 Å². The quantitative estimate of drug-likeness (QED) is 0.322. The molecule has 0 bridgehead atoms. The number of carbonyl (C=O) groups excluding carboxylic acids is 1. The van der Waals surface area contributed by atoms with Crippen LogP contribution in [0.4, 0.5) is 10.6 Å². The monoisotopic (exact) mass is 388 g/mol. The molecule has 2 N–H and O–H groups in total. The lowest BCUT2D eigenvalue weighted by Gasteiger charge is -2.27. The second-order valence-electron chi connectivity index (χ2n) is 4.90. The van der Waals surface area contributed by atoms with E-state index in [-0.39, 0.29) is 19.0 Å². The van der Waals surface area contributed by atoms with Crippen molar-refractivity contribution in [3.8, 4) is 0 Å². The van der Waals surface area contributed by atoms with Gasteiger partial charge >= 0.3 is 11.9 Å². The number of carbonyl (C=O) groups is 1. The Morgan fingerprint density at radius 2 is 2.17 bits per heavy atom. The number of aromatic nitrogens is 2. The number of imidazole rings is 1. The van der Waals surface area contributed by atoms with E-state index >= 15 is 0 Å². The van der Waals surface area contributed by atoms with Crippen molar-refractivity contribution in [2.45, 2.75) is 23.4 Å². The average molecular weight is 390 g/mol. The second kappa shape index (κ2) is 8.00. The van der Waals surface area contributed by atoms with Gasteiger partial charge < -0.3 is 19.8 Å². The topological polar surface area (TPSA) is 104 Å². The Labute approximate surface area is 147 Å². The van der Waals surface area contributed by atoms with Gasteiger partial charge in [-0.3, -0.25) is 5.32 Å². The number of nitrogens with one attached hydrogen (secondary N) is 2. The van der Waals surface area contributed by atoms with Crippen molar-refractivity contribution in [2.24, 2.45) is 0 Å². The molecule has 0 aliphatic rings. The third kappa shape index (κ3) is 5.69. The Kier molecular flexibility index (Phi) is 6.87. The molecule has 0 aliphatic heterocycles. The number of halogens is 3. The van der Waals surface area contributed by atoms with Crippen LogP contribution in [0.5, 0.6) is 0 Å². The van der Waals surface area contributed by atoms with Gasteiger partial charge in [-0.15, -0.1) is 0 Å². The summed E-state index contributed by atoms with van der Waals surface area (Å²) >= 11 is 17.3. The van der Waals surface area contributed by atoms with E-state index in [1.165, 1.54) is 4.57 Å². The maximum Gasteiger partial charge on any atom is 0.411 e. The van der Waals surface area contributed by atoms with Gasteiger partial charge in [0.2, 0.25) is 6.17 Å². The van der Waals surface area contributed by atoms with E-state index in [1.807, 2.05) is 0 Å². The Bertz CT molecular complexity index is 572. The van der Waals surface area contributed by atoms with Gasteiger partial charge in [0.05, 0.1) is 14.1 Å². The van der Waals surface area contributed by atoms with E-state index < -0.39 is 21.0 Å². The Morgan fingerprint density at radius 3 is 2.65 bits per heavy atom. The van der Waals surface area contributed by atoms with Crippen molar-refractivity contribution in [1.82, 2.24) is 14.9 Å². The molecule has 9 nitrogen and oxygen atoms in total. The third-order valence-electron chi connectivity index (χ3n) is 2.94. The predicted molar refractivity (Wildman–Crippen MR) is 85.0 cm³/mol. The summed E-state index contributed by atoms with van der Waals surface area (Å²) in [5.41, 5.74) is 0. The molecule has 0 aromatic carbocycles. The fourth-order valence-electron chi connectivity index (χ4n) is 1.82. The summed E-state index contributed by atoms with van der Waals surface area (Å²) in [6, 6.07) is 0. The number of hydrogen-bond donors (Lipinski definition) is 2. The van der Waals surface area contributed by atoms with Crippen LogP contribution in [0, 0.1) is 17.0 Å². The highest BCUT2D eigenvalue weighted by Crippen LogP contribution is 2.27. The number of hydrogen-bond acceptors (Lipinski definition) is 5. The number of alkyl halides is 3. The first kappa shape index (κ1) is 19.8. The van der Waals surface area contributed by atoms with Gasteiger partial charge in [-0.2, -0.15) is 0 Å². The SMILES string of the molecule is Cc1ncc([N+](=O)[O-])n1CCOC(=O)N[C@@H]([NH+](C)C)C(Cl)(Cl)Cl. The molecule has 1 atom stereocenters. The minimum atomic E-state index is -1.71. The van der Waals surface area contributed by atoms with E-state index in [0.717, 1.165) is 6.20 Å². The number of rotatable bonds is 6. The molecule has 12 heteroatoms. The molecule has 1 heterocycles. The second-order valence-corrected chi connectivity index (χ2v) is 7.27. The first-order valence-electron chi connectivity index (χ1n) is 6.50. The molecular weight excluding hydrogens is 373 g/mol. The minimum Gasteiger partial charge on any atom is -0.445 e. The van der Waals surface area contributed by atoms with Crippen LogP contribution < -0.4 is 10.2 Å². The molecule has 1 rings (SSSR count). The molecule has 1 aromatic rings. The summed E-state index contributed by atoms with van der Waals surface area (Å²) in [6.07, 6.45) is -0.462. The summed E-state index contributed by atoms with van der Waals surface area (Å²) in [5, 5.41) is 13.3. The number of amides is 1. The molecule has 0 saturated carbocycles. The van der Waals surface area contributed by atoms with E-state index in [0.29, 0.717) is 10.7 Å². The number of quaternary nitrogens is 1. The van der Waals surface area contributed by atoms with Gasteiger partial charge in [0.25, 0.3) is 3.79 Å². The van der Waals surface area contributed by atoms with Gasteiger partial charge in [-0.25, -0.2) is 14.3 Å². The molecule has 0 unspecified atom stereocenters. The van der Waals surface area contributed by atoms with Crippen LogP contribution in [0.25, 0.3) is 0 Å². The highest BCUT2D eigenvalue weighted by Gasteiger charge is 2.39. The van der Waals surface area contributed by atoms with Gasteiger partial charge in [0.15, 0.2) is 5.82 Å². The highest BCUT2D eigenvalue weighted by molar-refractivity contribution is 6.68. The molecule has 0 spiro atoms. The van der Waals surface area contributed by atoms with Gasteiger partial charge in [0.1, 0.15) is 19.3 Å². The summed E-state index contributed by atoms with van der Waals surface area (Å²) in [7, 11) is 3.40. The summed E-state index contributed by atoms with van der Waals surface area (Å²) in [5.74, 6) is 0.265. The molecule has 130 valence electrons. The fourth-order valence-corrected chi connectivity index (χ4v) is 2.64. The Morgan fingerprint density at radius 1 is 1.57 bits per heavy atom. The average Bonchev–Trinajstić information content (AvgIpc) is 2.76. The lowest BCUT2D eigenvalue weighted by molar-refractivity contribution is -0.887. The first-order chi connectivity index (χ1) is 10.5. The van der Waals surface area contributed by atoms with Crippen LogP contribution in [0.2, 0.25) is 0 Å². The zero-order chi connectivity index (χ0) is 17.8. The molecule has 0 aliphatic carbocycles. The van der Waals surface area contributed by atoms with Gasteiger partial charge in [-0.1, -0.05) is 34.8 Å². The third-order valence-corrected chi connectivity index (χ3v) is 3.59. The predicted octanol–water partition coefficient (Wildman–Crippen LogP) is 0.667. The lowest BCUT2D eigenvalue weighted by Crippen LogP contribution is -3.14. The molecular formula is C11H17Cl3N5O4+. The van der Waals surface area contributed by atoms with Gasteiger partial charge in [0, 0.05) is 6.92 Å². The Balaban J connectivity index is 2.58. The maximum atomic E-state index is 11.8.